The Morgan fingerprint density at radius 2 is 1.91 bits per heavy atom. The van der Waals surface area contributed by atoms with Gasteiger partial charge in [0.2, 0.25) is 5.91 Å². The molecular formula is C25H21ClN2O5. The summed E-state index contributed by atoms with van der Waals surface area (Å²) in [4.78, 5) is 42.7. The van der Waals surface area contributed by atoms with Gasteiger partial charge in [0.1, 0.15) is 11.9 Å². The van der Waals surface area contributed by atoms with E-state index >= 15 is 0 Å². The minimum Gasteiger partial charge on any atom is -0.467 e. The van der Waals surface area contributed by atoms with E-state index in [9.17, 15) is 14.4 Å². The van der Waals surface area contributed by atoms with Crippen LogP contribution in [0.25, 0.3) is 10.9 Å². The number of amides is 1. The molecule has 0 unspecified atom stereocenters. The fourth-order valence-electron chi connectivity index (χ4n) is 4.32. The Balaban J connectivity index is 1.86. The van der Waals surface area contributed by atoms with E-state index in [1.165, 1.54) is 12.0 Å². The molecule has 2 heterocycles. The van der Waals surface area contributed by atoms with Crippen molar-refractivity contribution in [3.8, 4) is 12.3 Å². The number of ether oxygens (including phenoxy) is 2. The standard InChI is InChI=1S/C25H21ClN2O5/c1-3-12-33-24(30)16-10-8-15(9-11-16)23-22-18(17-6-4-5-7-19(17)27-22)13-20(25(31)32-2)28(23)21(29)14-26/h1,4-11,20,23,27H,12-14H2,2H3/t20-,23+/m0/s1. The molecule has 7 nitrogen and oxygen atoms in total. The van der Waals surface area contributed by atoms with E-state index < -0.39 is 29.9 Å². The average molecular weight is 465 g/mol. The molecule has 1 aliphatic rings. The molecule has 1 aliphatic heterocycles. The van der Waals surface area contributed by atoms with Crippen LogP contribution in [0.4, 0.5) is 0 Å². The third kappa shape index (κ3) is 4.06. The Labute approximate surface area is 195 Å². The molecule has 0 aliphatic carbocycles. The summed E-state index contributed by atoms with van der Waals surface area (Å²) in [5, 5.41) is 0.971. The molecule has 4 rings (SSSR count). The Bertz CT molecular complexity index is 1260. The van der Waals surface area contributed by atoms with Crippen molar-refractivity contribution < 1.29 is 23.9 Å². The van der Waals surface area contributed by atoms with Gasteiger partial charge in [-0.25, -0.2) is 9.59 Å². The SMILES string of the molecule is C#CCOC(=O)c1ccc([C@@H]2c3[nH]c4ccccc4c3C[C@@H](C(=O)OC)N2C(=O)CCl)cc1. The highest BCUT2D eigenvalue weighted by atomic mass is 35.5. The van der Waals surface area contributed by atoms with Gasteiger partial charge in [0.05, 0.1) is 18.7 Å². The number of aromatic amines is 1. The first-order valence-electron chi connectivity index (χ1n) is 10.2. The number of rotatable bonds is 5. The van der Waals surface area contributed by atoms with Crippen LogP contribution in [0.1, 0.15) is 33.2 Å². The molecule has 3 aromatic rings. The lowest BCUT2D eigenvalue weighted by Gasteiger charge is -2.40. The van der Waals surface area contributed by atoms with Gasteiger partial charge >= 0.3 is 11.9 Å². The highest BCUT2D eigenvalue weighted by Gasteiger charge is 2.43. The normalized spacial score (nSPS) is 17.2. The number of hydrogen-bond acceptors (Lipinski definition) is 5. The fourth-order valence-corrected chi connectivity index (χ4v) is 4.46. The number of benzene rings is 2. The topological polar surface area (TPSA) is 88.7 Å². The summed E-state index contributed by atoms with van der Waals surface area (Å²) in [6.45, 7) is -0.125. The summed E-state index contributed by atoms with van der Waals surface area (Å²) in [5.74, 6) is 0.484. The monoisotopic (exact) mass is 464 g/mol. The maximum atomic E-state index is 13.0. The van der Waals surface area contributed by atoms with Crippen molar-refractivity contribution in [3.63, 3.8) is 0 Å². The number of H-pyrrole nitrogens is 1. The summed E-state index contributed by atoms with van der Waals surface area (Å²) in [7, 11) is 1.29. The van der Waals surface area contributed by atoms with E-state index in [1.807, 2.05) is 24.3 Å². The third-order valence-electron chi connectivity index (χ3n) is 5.76. The van der Waals surface area contributed by atoms with Gasteiger partial charge in [0.25, 0.3) is 0 Å². The number of methoxy groups -OCH3 is 1. The van der Waals surface area contributed by atoms with Gasteiger partial charge in [-0.1, -0.05) is 36.3 Å². The number of nitrogens with one attached hydrogen (secondary N) is 1. The molecule has 2 atom stereocenters. The highest BCUT2D eigenvalue weighted by molar-refractivity contribution is 6.27. The van der Waals surface area contributed by atoms with Crippen LogP contribution in [0.5, 0.6) is 0 Å². The van der Waals surface area contributed by atoms with Crippen LogP contribution in [-0.2, 0) is 25.5 Å². The van der Waals surface area contributed by atoms with Gasteiger partial charge in [-0.3, -0.25) is 4.79 Å². The number of nitrogens with zero attached hydrogens (tertiary/aromatic N) is 1. The molecule has 1 amide bonds. The number of aromatic nitrogens is 1. The maximum Gasteiger partial charge on any atom is 0.339 e. The number of carbonyl (C=O) groups is 3. The summed E-state index contributed by atoms with van der Waals surface area (Å²) in [6.07, 6.45) is 5.44. The van der Waals surface area contributed by atoms with Gasteiger partial charge in [-0.05, 0) is 29.3 Å². The van der Waals surface area contributed by atoms with Crippen molar-refractivity contribution in [2.24, 2.45) is 0 Å². The zero-order chi connectivity index (χ0) is 23.5. The molecule has 0 bridgehead atoms. The first-order chi connectivity index (χ1) is 16.0. The number of terminal acetylenes is 1. The van der Waals surface area contributed by atoms with Crippen LogP contribution in [-0.4, -0.2) is 53.4 Å². The van der Waals surface area contributed by atoms with Crippen LogP contribution >= 0.6 is 11.6 Å². The molecule has 1 aromatic heterocycles. The Morgan fingerprint density at radius 1 is 1.18 bits per heavy atom. The van der Waals surface area contributed by atoms with Crippen molar-refractivity contribution >= 4 is 40.3 Å². The highest BCUT2D eigenvalue weighted by Crippen LogP contribution is 2.41. The predicted octanol–water partition coefficient (Wildman–Crippen LogP) is 3.21. The molecule has 0 saturated carbocycles. The number of alkyl halides is 1. The van der Waals surface area contributed by atoms with E-state index in [4.69, 9.17) is 27.5 Å². The first-order valence-corrected chi connectivity index (χ1v) is 10.8. The van der Waals surface area contributed by atoms with E-state index in [2.05, 4.69) is 10.9 Å². The molecule has 1 N–H and O–H groups in total. The molecule has 0 radical (unpaired) electrons. The van der Waals surface area contributed by atoms with E-state index in [0.29, 0.717) is 17.5 Å². The van der Waals surface area contributed by atoms with Gasteiger partial charge in [-0.2, -0.15) is 0 Å². The minimum atomic E-state index is -0.849. The van der Waals surface area contributed by atoms with E-state index in [0.717, 1.165) is 22.2 Å². The zero-order valence-electron chi connectivity index (χ0n) is 17.8. The smallest absolute Gasteiger partial charge is 0.339 e. The number of fused-ring (bicyclic) bond motifs is 3. The Kier molecular flexibility index (Phi) is 6.38. The molecule has 0 saturated heterocycles. The molecule has 8 heteroatoms. The maximum absolute atomic E-state index is 13.0. The lowest BCUT2D eigenvalue weighted by atomic mass is 9.87. The van der Waals surface area contributed by atoms with Gasteiger partial charge in [0, 0.05) is 23.0 Å². The second-order valence-corrected chi connectivity index (χ2v) is 7.81. The van der Waals surface area contributed by atoms with Crippen molar-refractivity contribution in [2.75, 3.05) is 19.6 Å². The molecule has 33 heavy (non-hydrogen) atoms. The van der Waals surface area contributed by atoms with Crippen molar-refractivity contribution in [1.29, 1.82) is 0 Å². The number of carbonyl (C=O) groups excluding carboxylic acids is 3. The summed E-state index contributed by atoms with van der Waals surface area (Å²) >= 11 is 5.94. The number of hydrogen-bond donors (Lipinski definition) is 1. The van der Waals surface area contributed by atoms with Crippen LogP contribution in [0.2, 0.25) is 0 Å². The zero-order valence-corrected chi connectivity index (χ0v) is 18.6. The summed E-state index contributed by atoms with van der Waals surface area (Å²) in [5.41, 5.74) is 3.63. The lowest BCUT2D eigenvalue weighted by Crippen LogP contribution is -2.52. The van der Waals surface area contributed by atoms with Crippen molar-refractivity contribution in [2.45, 2.75) is 18.5 Å². The van der Waals surface area contributed by atoms with E-state index in [1.54, 1.807) is 24.3 Å². The predicted molar refractivity (Wildman–Crippen MR) is 123 cm³/mol. The molecule has 168 valence electrons. The van der Waals surface area contributed by atoms with Crippen LogP contribution < -0.4 is 0 Å². The number of halogens is 1. The van der Waals surface area contributed by atoms with Crippen LogP contribution in [0, 0.1) is 12.3 Å². The van der Waals surface area contributed by atoms with Crippen molar-refractivity contribution in [1.82, 2.24) is 9.88 Å². The molecule has 0 fully saturated rings. The second-order valence-electron chi connectivity index (χ2n) is 7.55. The number of esters is 2. The summed E-state index contributed by atoms with van der Waals surface area (Å²) < 4.78 is 10.0. The second kappa shape index (κ2) is 9.39. The van der Waals surface area contributed by atoms with Crippen LogP contribution in [0.15, 0.2) is 48.5 Å². The average Bonchev–Trinajstić information content (AvgIpc) is 3.23. The summed E-state index contributed by atoms with van der Waals surface area (Å²) in [6, 6.07) is 12.9. The fraction of sp³-hybridized carbons (Fsp3) is 0.240. The first kappa shape index (κ1) is 22.4. The quantitative estimate of drug-likeness (QED) is 0.356. The molecule has 0 spiro atoms. The van der Waals surface area contributed by atoms with Crippen LogP contribution in [0.3, 0.4) is 0 Å². The van der Waals surface area contributed by atoms with Gasteiger partial charge in [-0.15, -0.1) is 18.0 Å². The lowest BCUT2D eigenvalue weighted by molar-refractivity contribution is -0.154. The third-order valence-corrected chi connectivity index (χ3v) is 5.98. The van der Waals surface area contributed by atoms with Gasteiger partial charge in [0.15, 0.2) is 6.61 Å². The Morgan fingerprint density at radius 3 is 2.58 bits per heavy atom. The van der Waals surface area contributed by atoms with Crippen molar-refractivity contribution in [3.05, 3.63) is 70.9 Å². The Hall–Kier alpha value is -3.76. The molecular weight excluding hydrogens is 444 g/mol. The van der Waals surface area contributed by atoms with Gasteiger partial charge < -0.3 is 19.4 Å². The number of para-hydroxylation sites is 1. The molecule has 2 aromatic carbocycles. The minimum absolute atomic E-state index is 0.125. The van der Waals surface area contributed by atoms with E-state index in [-0.39, 0.29) is 12.5 Å². The largest absolute Gasteiger partial charge is 0.467 e.